The molecule has 0 aliphatic heterocycles. The lowest BCUT2D eigenvalue weighted by atomic mass is 9.84. The number of nitrogens with zero attached hydrogens (tertiary/aromatic N) is 4. The van der Waals surface area contributed by atoms with Gasteiger partial charge in [0.05, 0.1) is 22.8 Å². The number of nitrogen functional groups attached to an aromatic ring is 2. The number of nitrogens with two attached hydrogens (primary N) is 2. The Hall–Kier alpha value is -4.52. The third-order valence-corrected chi connectivity index (χ3v) is 6.09. The van der Waals surface area contributed by atoms with E-state index in [4.69, 9.17) is 21.7 Å². The van der Waals surface area contributed by atoms with Crippen LogP contribution in [0.15, 0.2) is 84.9 Å². The van der Waals surface area contributed by atoms with Crippen molar-refractivity contribution in [2.24, 2.45) is 0 Å². The quantitative estimate of drug-likeness (QED) is 0.359. The summed E-state index contributed by atoms with van der Waals surface area (Å²) in [5.41, 5.74) is 19.5. The number of rotatable bonds is 5. The van der Waals surface area contributed by atoms with Crippen LogP contribution in [0.4, 0.5) is 11.6 Å². The smallest absolute Gasteiger partial charge is 0.131 e. The van der Waals surface area contributed by atoms with Gasteiger partial charge in [0.1, 0.15) is 17.4 Å². The summed E-state index contributed by atoms with van der Waals surface area (Å²) >= 11 is 0. The van der Waals surface area contributed by atoms with Gasteiger partial charge in [-0.1, -0.05) is 48.5 Å². The van der Waals surface area contributed by atoms with Gasteiger partial charge in [-0.3, -0.25) is 0 Å². The zero-order valence-corrected chi connectivity index (χ0v) is 19.1. The number of anilines is 2. The molecule has 0 amide bonds. The van der Waals surface area contributed by atoms with Crippen molar-refractivity contribution in [3.63, 3.8) is 0 Å². The third kappa shape index (κ3) is 3.57. The summed E-state index contributed by atoms with van der Waals surface area (Å²) in [5, 5.41) is 19.5. The lowest BCUT2D eigenvalue weighted by Gasteiger charge is -2.19. The van der Waals surface area contributed by atoms with E-state index < -0.39 is 0 Å². The van der Waals surface area contributed by atoms with Gasteiger partial charge in [0.15, 0.2) is 0 Å². The van der Waals surface area contributed by atoms with Gasteiger partial charge in [-0.25, -0.2) is 9.36 Å². The van der Waals surface area contributed by atoms with Gasteiger partial charge in [-0.2, -0.15) is 10.2 Å². The minimum absolute atomic E-state index is 0.192. The molecule has 2 aromatic heterocycles. The molecule has 0 radical (unpaired) electrons. The van der Waals surface area contributed by atoms with Crippen molar-refractivity contribution in [1.29, 1.82) is 0 Å². The summed E-state index contributed by atoms with van der Waals surface area (Å²) in [5.74, 6) is 0.938. The summed E-state index contributed by atoms with van der Waals surface area (Å²) in [6.07, 6.45) is 0. The molecule has 0 saturated carbocycles. The molecule has 0 saturated heterocycles. The van der Waals surface area contributed by atoms with Crippen LogP contribution in [-0.2, 0) is 0 Å². The van der Waals surface area contributed by atoms with Crippen molar-refractivity contribution < 1.29 is 5.11 Å². The van der Waals surface area contributed by atoms with E-state index in [1.807, 2.05) is 86.6 Å². The summed E-state index contributed by atoms with van der Waals surface area (Å²) in [6, 6.07) is 26.7. The zero-order chi connectivity index (χ0) is 23.8. The maximum atomic E-state index is 9.92. The highest BCUT2D eigenvalue weighted by Crippen LogP contribution is 2.42. The molecule has 0 unspecified atom stereocenters. The highest BCUT2D eigenvalue weighted by Gasteiger charge is 2.31. The van der Waals surface area contributed by atoms with Gasteiger partial charge in [-0.15, -0.1) is 0 Å². The molecule has 170 valence electrons. The monoisotopic (exact) mass is 450 g/mol. The molecule has 0 spiro atoms. The number of hydrogen-bond acceptors (Lipinski definition) is 5. The minimum Gasteiger partial charge on any atom is -0.508 e. The molecule has 0 atom stereocenters. The first kappa shape index (κ1) is 21.3. The Labute approximate surface area is 197 Å². The summed E-state index contributed by atoms with van der Waals surface area (Å²) in [7, 11) is 0. The second kappa shape index (κ2) is 8.44. The number of aryl methyl sites for hydroxylation is 2. The number of hydrogen-bond donors (Lipinski definition) is 3. The van der Waals surface area contributed by atoms with Gasteiger partial charge in [0.2, 0.25) is 0 Å². The lowest BCUT2D eigenvalue weighted by Crippen LogP contribution is -2.11. The standard InChI is InChI=1S/C27H26N6O/c1-17-23(26(28)32(30-17)20-9-5-3-6-10-20)25(19-13-15-22(34)16-14-19)24-18(2)31-33(27(24)29)21-11-7-4-8-12-21/h3-16,25,34H,28-29H2,1-2H3. The Morgan fingerprint density at radius 3 is 1.47 bits per heavy atom. The van der Waals surface area contributed by atoms with Crippen molar-refractivity contribution >= 4 is 11.6 Å². The van der Waals surface area contributed by atoms with E-state index >= 15 is 0 Å². The number of phenolic OH excluding ortho intramolecular Hbond substituents is 1. The molecule has 5 N–H and O–H groups in total. The first-order chi connectivity index (χ1) is 16.5. The Morgan fingerprint density at radius 1 is 0.647 bits per heavy atom. The fraction of sp³-hybridized carbons (Fsp3) is 0.111. The van der Waals surface area contributed by atoms with Crippen LogP contribution in [-0.4, -0.2) is 24.7 Å². The molecule has 0 bridgehead atoms. The van der Waals surface area contributed by atoms with E-state index in [9.17, 15) is 5.11 Å². The predicted octanol–water partition coefficient (Wildman–Crippen LogP) is 4.73. The molecule has 0 aliphatic rings. The highest BCUT2D eigenvalue weighted by atomic mass is 16.3. The summed E-state index contributed by atoms with van der Waals surface area (Å²) < 4.78 is 3.51. The van der Waals surface area contributed by atoms with Crippen LogP contribution in [0.3, 0.4) is 0 Å². The number of aromatic nitrogens is 4. The molecule has 3 aromatic carbocycles. The summed E-state index contributed by atoms with van der Waals surface area (Å²) in [6.45, 7) is 3.90. The topological polar surface area (TPSA) is 108 Å². The maximum Gasteiger partial charge on any atom is 0.131 e. The number of benzene rings is 3. The van der Waals surface area contributed by atoms with Crippen molar-refractivity contribution in [2.45, 2.75) is 19.8 Å². The predicted molar refractivity (Wildman–Crippen MR) is 134 cm³/mol. The molecular weight excluding hydrogens is 424 g/mol. The maximum absolute atomic E-state index is 9.92. The van der Waals surface area contributed by atoms with Crippen molar-refractivity contribution in [3.05, 3.63) is 113 Å². The molecule has 7 nitrogen and oxygen atoms in total. The first-order valence-corrected chi connectivity index (χ1v) is 11.1. The van der Waals surface area contributed by atoms with E-state index in [2.05, 4.69) is 0 Å². The van der Waals surface area contributed by atoms with E-state index in [0.29, 0.717) is 11.6 Å². The van der Waals surface area contributed by atoms with Gasteiger partial charge >= 0.3 is 0 Å². The average molecular weight is 451 g/mol. The van der Waals surface area contributed by atoms with Crippen molar-refractivity contribution in [3.8, 4) is 17.1 Å². The van der Waals surface area contributed by atoms with Gasteiger partial charge in [0, 0.05) is 17.0 Å². The van der Waals surface area contributed by atoms with Gasteiger partial charge < -0.3 is 16.6 Å². The van der Waals surface area contributed by atoms with Crippen LogP contribution in [0.5, 0.6) is 5.75 Å². The van der Waals surface area contributed by atoms with Crippen LogP contribution >= 0.6 is 0 Å². The Morgan fingerprint density at radius 2 is 1.06 bits per heavy atom. The number of phenols is 1. The molecule has 0 fully saturated rings. The van der Waals surface area contributed by atoms with Crippen LogP contribution < -0.4 is 11.5 Å². The van der Waals surface area contributed by atoms with E-state index in [1.165, 1.54) is 0 Å². The Bertz CT molecular complexity index is 1350. The van der Waals surface area contributed by atoms with E-state index in [1.54, 1.807) is 21.5 Å². The average Bonchev–Trinajstić information content (AvgIpc) is 3.32. The molecule has 5 aromatic rings. The van der Waals surface area contributed by atoms with Gasteiger partial charge in [-0.05, 0) is 55.8 Å². The molecule has 34 heavy (non-hydrogen) atoms. The van der Waals surface area contributed by atoms with Crippen molar-refractivity contribution in [2.75, 3.05) is 11.5 Å². The molecule has 0 aliphatic carbocycles. The number of aromatic hydroxyl groups is 1. The zero-order valence-electron chi connectivity index (χ0n) is 19.1. The van der Waals surface area contributed by atoms with Crippen molar-refractivity contribution in [1.82, 2.24) is 19.6 Å². The molecule has 5 rings (SSSR count). The summed E-state index contributed by atoms with van der Waals surface area (Å²) in [4.78, 5) is 0. The fourth-order valence-corrected chi connectivity index (χ4v) is 4.50. The number of para-hydroxylation sites is 2. The van der Waals surface area contributed by atoms with Gasteiger partial charge in [0.25, 0.3) is 0 Å². The minimum atomic E-state index is -0.324. The Kier molecular flexibility index (Phi) is 5.30. The van der Waals surface area contributed by atoms with Crippen LogP contribution in [0, 0.1) is 13.8 Å². The molecular formula is C27H26N6O. The normalized spacial score (nSPS) is 11.3. The largest absolute Gasteiger partial charge is 0.508 e. The highest BCUT2D eigenvalue weighted by molar-refractivity contribution is 5.64. The SMILES string of the molecule is Cc1nn(-c2ccccc2)c(N)c1C(c1ccc(O)cc1)c1c(C)nn(-c2ccccc2)c1N. The third-order valence-electron chi connectivity index (χ3n) is 6.09. The fourth-order valence-electron chi connectivity index (χ4n) is 4.50. The first-order valence-electron chi connectivity index (χ1n) is 11.1. The lowest BCUT2D eigenvalue weighted by molar-refractivity contribution is 0.475. The van der Waals surface area contributed by atoms with E-state index in [-0.39, 0.29) is 11.7 Å². The second-order valence-corrected chi connectivity index (χ2v) is 8.29. The van der Waals surface area contributed by atoms with Crippen LogP contribution in [0.1, 0.15) is 34.0 Å². The molecule has 2 heterocycles. The van der Waals surface area contributed by atoms with Crippen LogP contribution in [0.25, 0.3) is 11.4 Å². The van der Waals surface area contributed by atoms with E-state index in [0.717, 1.165) is 39.5 Å². The van der Waals surface area contributed by atoms with Crippen LogP contribution in [0.2, 0.25) is 0 Å². The molecule has 7 heteroatoms. The second-order valence-electron chi connectivity index (χ2n) is 8.29. The Balaban J connectivity index is 1.75.